The third-order valence-electron chi connectivity index (χ3n) is 4.83. The van der Waals surface area contributed by atoms with Gasteiger partial charge >= 0.3 is 0 Å². The molecule has 0 spiro atoms. The molecule has 0 unspecified atom stereocenters. The van der Waals surface area contributed by atoms with E-state index in [0.717, 1.165) is 43.7 Å². The Morgan fingerprint density at radius 1 is 1.14 bits per heavy atom. The first-order valence-electron chi connectivity index (χ1n) is 8.52. The fourth-order valence-corrected chi connectivity index (χ4v) is 3.58. The van der Waals surface area contributed by atoms with E-state index in [-0.39, 0.29) is 0 Å². The number of piperazine rings is 1. The van der Waals surface area contributed by atoms with Gasteiger partial charge < -0.3 is 10.2 Å². The van der Waals surface area contributed by atoms with Crippen molar-refractivity contribution in [3.63, 3.8) is 0 Å². The zero-order valence-electron chi connectivity index (χ0n) is 13.2. The Labute approximate surface area is 128 Å². The summed E-state index contributed by atoms with van der Waals surface area (Å²) in [5, 5.41) is 3.35. The minimum Gasteiger partial charge on any atom is -0.354 e. The maximum Gasteiger partial charge on any atom is 0.128 e. The van der Waals surface area contributed by atoms with Crippen LogP contribution in [-0.2, 0) is 6.54 Å². The van der Waals surface area contributed by atoms with Crippen molar-refractivity contribution in [3.8, 4) is 0 Å². The van der Waals surface area contributed by atoms with Crippen LogP contribution in [-0.4, -0.2) is 48.6 Å². The monoisotopic (exact) mass is 288 g/mol. The van der Waals surface area contributed by atoms with E-state index in [2.05, 4.69) is 40.2 Å². The number of anilines is 1. The molecule has 2 aliphatic rings. The molecule has 1 aromatic rings. The summed E-state index contributed by atoms with van der Waals surface area (Å²) >= 11 is 0. The van der Waals surface area contributed by atoms with Crippen LogP contribution < -0.4 is 10.2 Å². The highest BCUT2D eigenvalue weighted by Crippen LogP contribution is 2.25. The zero-order chi connectivity index (χ0) is 14.5. The Morgan fingerprint density at radius 2 is 1.90 bits per heavy atom. The Morgan fingerprint density at radius 3 is 2.62 bits per heavy atom. The molecule has 116 valence electrons. The van der Waals surface area contributed by atoms with E-state index in [1.807, 2.05) is 0 Å². The number of hydrogen-bond donors (Lipinski definition) is 1. The Balaban J connectivity index is 1.56. The van der Waals surface area contributed by atoms with E-state index in [1.165, 1.54) is 38.8 Å². The molecule has 2 fully saturated rings. The molecule has 1 aliphatic carbocycles. The third kappa shape index (κ3) is 3.74. The molecule has 1 aromatic heterocycles. The van der Waals surface area contributed by atoms with Crippen LogP contribution in [0.2, 0.25) is 0 Å². The van der Waals surface area contributed by atoms with Gasteiger partial charge in [0, 0.05) is 38.8 Å². The molecule has 3 rings (SSSR count). The molecule has 4 nitrogen and oxygen atoms in total. The second-order valence-corrected chi connectivity index (χ2v) is 6.23. The predicted molar refractivity (Wildman–Crippen MR) is 87.7 cm³/mol. The van der Waals surface area contributed by atoms with Gasteiger partial charge in [0.05, 0.1) is 5.69 Å². The van der Waals surface area contributed by atoms with Gasteiger partial charge in [-0.25, -0.2) is 4.98 Å². The topological polar surface area (TPSA) is 31.4 Å². The predicted octanol–water partition coefficient (Wildman–Crippen LogP) is 2.26. The fourth-order valence-electron chi connectivity index (χ4n) is 3.58. The number of nitrogens with one attached hydrogen (secondary N) is 1. The molecule has 4 heteroatoms. The average molecular weight is 288 g/mol. The summed E-state index contributed by atoms with van der Waals surface area (Å²) in [5.41, 5.74) is 1.15. The number of aromatic nitrogens is 1. The highest BCUT2D eigenvalue weighted by Gasteiger charge is 2.26. The zero-order valence-corrected chi connectivity index (χ0v) is 13.2. The van der Waals surface area contributed by atoms with Gasteiger partial charge in [-0.15, -0.1) is 0 Å². The summed E-state index contributed by atoms with van der Waals surface area (Å²) < 4.78 is 0. The molecule has 1 saturated heterocycles. The Bertz CT molecular complexity index is 434. The lowest BCUT2D eigenvalue weighted by molar-refractivity contribution is 0.187. The lowest BCUT2D eigenvalue weighted by Crippen LogP contribution is -2.50. The summed E-state index contributed by atoms with van der Waals surface area (Å²) in [6.07, 6.45) is 5.69. The van der Waals surface area contributed by atoms with Crippen molar-refractivity contribution < 1.29 is 0 Å². The average Bonchev–Trinajstić information content (AvgIpc) is 3.08. The second-order valence-electron chi connectivity index (χ2n) is 6.23. The first-order valence-corrected chi connectivity index (χ1v) is 8.52. The number of hydrogen-bond acceptors (Lipinski definition) is 4. The molecule has 0 atom stereocenters. The Kier molecular flexibility index (Phi) is 5.09. The number of pyridine rings is 1. The normalized spacial score (nSPS) is 21.1. The van der Waals surface area contributed by atoms with Crippen LogP contribution in [0, 0.1) is 0 Å². The van der Waals surface area contributed by atoms with Crippen LogP contribution in [0.3, 0.4) is 0 Å². The van der Waals surface area contributed by atoms with E-state index in [9.17, 15) is 0 Å². The van der Waals surface area contributed by atoms with E-state index in [1.54, 1.807) is 0 Å². The van der Waals surface area contributed by atoms with Crippen LogP contribution in [0.1, 0.15) is 38.3 Å². The number of rotatable bonds is 5. The SMILES string of the molecule is CCNCc1cccc(N2CCN(C3CCCC3)CC2)n1. The molecule has 0 bridgehead atoms. The van der Waals surface area contributed by atoms with Crippen molar-refractivity contribution in [2.45, 2.75) is 45.2 Å². The maximum absolute atomic E-state index is 4.80. The smallest absolute Gasteiger partial charge is 0.128 e. The summed E-state index contributed by atoms with van der Waals surface area (Å²) in [4.78, 5) is 9.95. The van der Waals surface area contributed by atoms with Gasteiger partial charge in [0.1, 0.15) is 5.82 Å². The molecule has 2 heterocycles. The van der Waals surface area contributed by atoms with Crippen molar-refractivity contribution in [1.82, 2.24) is 15.2 Å². The molecule has 1 N–H and O–H groups in total. The molecular formula is C17H28N4. The van der Waals surface area contributed by atoms with Gasteiger partial charge in [0.2, 0.25) is 0 Å². The summed E-state index contributed by atoms with van der Waals surface area (Å²) in [5.74, 6) is 1.15. The molecular weight excluding hydrogens is 260 g/mol. The lowest BCUT2D eigenvalue weighted by Gasteiger charge is -2.38. The quantitative estimate of drug-likeness (QED) is 0.900. The van der Waals surface area contributed by atoms with Crippen molar-refractivity contribution >= 4 is 5.82 Å². The molecule has 1 saturated carbocycles. The Hall–Kier alpha value is -1.13. The van der Waals surface area contributed by atoms with E-state index < -0.39 is 0 Å². The van der Waals surface area contributed by atoms with Gasteiger partial charge in [-0.3, -0.25) is 4.90 Å². The van der Waals surface area contributed by atoms with Gasteiger partial charge in [0.15, 0.2) is 0 Å². The second kappa shape index (κ2) is 7.23. The standard InChI is InChI=1S/C17H28N4/c1-2-18-14-15-6-5-9-17(19-15)21-12-10-20(11-13-21)16-7-3-4-8-16/h5-6,9,16,18H,2-4,7-8,10-14H2,1H3. The summed E-state index contributed by atoms with van der Waals surface area (Å²) in [6, 6.07) is 7.26. The van der Waals surface area contributed by atoms with Crippen LogP contribution in [0.4, 0.5) is 5.82 Å². The van der Waals surface area contributed by atoms with Crippen molar-refractivity contribution in [2.24, 2.45) is 0 Å². The summed E-state index contributed by atoms with van der Waals surface area (Å²) in [7, 11) is 0. The fraction of sp³-hybridized carbons (Fsp3) is 0.706. The van der Waals surface area contributed by atoms with E-state index in [0.29, 0.717) is 0 Å². The molecule has 0 radical (unpaired) electrons. The van der Waals surface area contributed by atoms with Crippen LogP contribution in [0.25, 0.3) is 0 Å². The van der Waals surface area contributed by atoms with Gasteiger partial charge in [-0.2, -0.15) is 0 Å². The highest BCUT2D eigenvalue weighted by molar-refractivity contribution is 5.39. The molecule has 0 aromatic carbocycles. The lowest BCUT2D eigenvalue weighted by atomic mass is 10.2. The van der Waals surface area contributed by atoms with Crippen molar-refractivity contribution in [2.75, 3.05) is 37.6 Å². The largest absolute Gasteiger partial charge is 0.354 e. The third-order valence-corrected chi connectivity index (χ3v) is 4.83. The van der Waals surface area contributed by atoms with Crippen molar-refractivity contribution in [1.29, 1.82) is 0 Å². The molecule has 1 aliphatic heterocycles. The van der Waals surface area contributed by atoms with Gasteiger partial charge in [0.25, 0.3) is 0 Å². The highest BCUT2D eigenvalue weighted by atomic mass is 15.3. The first kappa shape index (κ1) is 14.8. The molecule has 0 amide bonds. The minimum absolute atomic E-state index is 0.861. The molecule has 21 heavy (non-hydrogen) atoms. The maximum atomic E-state index is 4.80. The first-order chi connectivity index (χ1) is 10.4. The summed E-state index contributed by atoms with van der Waals surface area (Å²) in [6.45, 7) is 8.63. The van der Waals surface area contributed by atoms with E-state index in [4.69, 9.17) is 4.98 Å². The number of nitrogens with zero attached hydrogens (tertiary/aromatic N) is 3. The van der Waals surface area contributed by atoms with Crippen LogP contribution in [0.15, 0.2) is 18.2 Å². The van der Waals surface area contributed by atoms with Crippen molar-refractivity contribution in [3.05, 3.63) is 23.9 Å². The van der Waals surface area contributed by atoms with Gasteiger partial charge in [-0.1, -0.05) is 25.8 Å². The van der Waals surface area contributed by atoms with Crippen LogP contribution in [0.5, 0.6) is 0 Å². The van der Waals surface area contributed by atoms with E-state index >= 15 is 0 Å². The van der Waals surface area contributed by atoms with Gasteiger partial charge in [-0.05, 0) is 31.5 Å². The van der Waals surface area contributed by atoms with Crippen LogP contribution >= 0.6 is 0 Å². The minimum atomic E-state index is 0.861.